The van der Waals surface area contributed by atoms with Crippen LogP contribution < -0.4 is 10.6 Å². The zero-order valence-corrected chi connectivity index (χ0v) is 12.3. The lowest BCUT2D eigenvalue weighted by Crippen LogP contribution is -2.35. The summed E-state index contributed by atoms with van der Waals surface area (Å²) in [5.74, 6) is 0.169. The van der Waals surface area contributed by atoms with E-state index >= 15 is 0 Å². The number of benzene rings is 1. The second-order valence-corrected chi connectivity index (χ2v) is 5.03. The summed E-state index contributed by atoms with van der Waals surface area (Å²) in [5.41, 5.74) is 3.08. The molecule has 0 aliphatic carbocycles. The molecule has 1 aliphatic rings. The van der Waals surface area contributed by atoms with E-state index in [0.29, 0.717) is 19.5 Å². The molecule has 21 heavy (non-hydrogen) atoms. The third-order valence-electron chi connectivity index (χ3n) is 3.54. The number of nitrogens with zero attached hydrogens (tertiary/aromatic N) is 1. The van der Waals surface area contributed by atoms with Gasteiger partial charge >= 0.3 is 6.03 Å². The quantitative estimate of drug-likeness (QED) is 0.835. The van der Waals surface area contributed by atoms with E-state index in [1.807, 2.05) is 30.0 Å². The summed E-state index contributed by atoms with van der Waals surface area (Å²) >= 11 is 0. The molecule has 0 saturated heterocycles. The van der Waals surface area contributed by atoms with Crippen LogP contribution in [0, 0.1) is 0 Å². The molecule has 112 valence electrons. The van der Waals surface area contributed by atoms with E-state index < -0.39 is 0 Å². The van der Waals surface area contributed by atoms with E-state index in [-0.39, 0.29) is 11.9 Å². The molecule has 0 atom stereocenters. The molecule has 0 fully saturated rings. The first-order chi connectivity index (χ1) is 10.1. The fraction of sp³-hybridized carbons (Fsp3) is 0.375. The lowest BCUT2D eigenvalue weighted by atomic mass is 9.99. The smallest absolute Gasteiger partial charge is 0.319 e. The number of hydrogen-bond donors (Lipinski definition) is 2. The first kappa shape index (κ1) is 15.1. The summed E-state index contributed by atoms with van der Waals surface area (Å²) in [6, 6.07) is 5.60. The van der Waals surface area contributed by atoms with Crippen molar-refractivity contribution < 1.29 is 9.59 Å². The Morgan fingerprint density at radius 2 is 2.19 bits per heavy atom. The van der Waals surface area contributed by atoms with Gasteiger partial charge in [0, 0.05) is 31.7 Å². The highest BCUT2D eigenvalue weighted by atomic mass is 16.2. The SMILES string of the molecule is C=CCNC(=O)Nc1ccc2c(c1)CN(C(=O)CC)CC2. The van der Waals surface area contributed by atoms with Gasteiger partial charge in [-0.25, -0.2) is 4.79 Å². The Kier molecular flexibility index (Phi) is 4.98. The summed E-state index contributed by atoms with van der Waals surface area (Å²) in [7, 11) is 0. The maximum atomic E-state index is 11.8. The highest BCUT2D eigenvalue weighted by Crippen LogP contribution is 2.23. The minimum atomic E-state index is -0.257. The van der Waals surface area contributed by atoms with Crippen LogP contribution in [0.15, 0.2) is 30.9 Å². The minimum Gasteiger partial charge on any atom is -0.338 e. The van der Waals surface area contributed by atoms with E-state index in [4.69, 9.17) is 0 Å². The Morgan fingerprint density at radius 1 is 1.38 bits per heavy atom. The van der Waals surface area contributed by atoms with Crippen LogP contribution in [-0.4, -0.2) is 29.9 Å². The predicted molar refractivity (Wildman–Crippen MR) is 83.1 cm³/mol. The molecular weight excluding hydrogens is 266 g/mol. The van der Waals surface area contributed by atoms with E-state index in [0.717, 1.165) is 24.2 Å². The van der Waals surface area contributed by atoms with Crippen LogP contribution >= 0.6 is 0 Å². The summed E-state index contributed by atoms with van der Waals surface area (Å²) in [6.45, 7) is 7.24. The minimum absolute atomic E-state index is 0.169. The number of nitrogens with one attached hydrogen (secondary N) is 2. The second-order valence-electron chi connectivity index (χ2n) is 5.03. The van der Waals surface area contributed by atoms with Crippen LogP contribution in [0.2, 0.25) is 0 Å². The average molecular weight is 287 g/mol. The number of amides is 3. The number of carbonyl (C=O) groups is 2. The van der Waals surface area contributed by atoms with Gasteiger partial charge in [0.2, 0.25) is 5.91 Å². The van der Waals surface area contributed by atoms with Crippen molar-refractivity contribution in [3.05, 3.63) is 42.0 Å². The summed E-state index contributed by atoms with van der Waals surface area (Å²) < 4.78 is 0. The lowest BCUT2D eigenvalue weighted by molar-refractivity contribution is -0.131. The van der Waals surface area contributed by atoms with Crippen LogP contribution in [0.25, 0.3) is 0 Å². The fourth-order valence-electron chi connectivity index (χ4n) is 2.41. The van der Waals surface area contributed by atoms with Crippen molar-refractivity contribution in [1.29, 1.82) is 0 Å². The van der Waals surface area contributed by atoms with E-state index in [1.54, 1.807) is 6.08 Å². The molecule has 0 radical (unpaired) electrons. The van der Waals surface area contributed by atoms with Gasteiger partial charge in [-0.1, -0.05) is 19.1 Å². The van der Waals surface area contributed by atoms with Crippen LogP contribution in [-0.2, 0) is 17.8 Å². The van der Waals surface area contributed by atoms with Crippen molar-refractivity contribution in [2.45, 2.75) is 26.3 Å². The van der Waals surface area contributed by atoms with Gasteiger partial charge in [0.1, 0.15) is 0 Å². The molecule has 5 nitrogen and oxygen atoms in total. The Balaban J connectivity index is 2.06. The first-order valence-electron chi connectivity index (χ1n) is 7.19. The average Bonchev–Trinajstić information content (AvgIpc) is 2.51. The van der Waals surface area contributed by atoms with Gasteiger partial charge in [-0.3, -0.25) is 4.79 Å². The third kappa shape index (κ3) is 3.84. The van der Waals surface area contributed by atoms with Crippen LogP contribution in [0.5, 0.6) is 0 Å². The van der Waals surface area contributed by atoms with Gasteiger partial charge in [0.05, 0.1) is 0 Å². The Bertz CT molecular complexity index is 554. The number of fused-ring (bicyclic) bond motifs is 1. The predicted octanol–water partition coefficient (Wildman–Crippen LogP) is 2.29. The molecule has 2 N–H and O–H groups in total. The normalized spacial score (nSPS) is 13.3. The number of hydrogen-bond acceptors (Lipinski definition) is 2. The summed E-state index contributed by atoms with van der Waals surface area (Å²) in [4.78, 5) is 25.3. The maximum Gasteiger partial charge on any atom is 0.319 e. The largest absolute Gasteiger partial charge is 0.338 e. The molecule has 1 aromatic carbocycles. The van der Waals surface area contributed by atoms with Gasteiger partial charge in [-0.15, -0.1) is 6.58 Å². The second kappa shape index (κ2) is 6.92. The Morgan fingerprint density at radius 3 is 2.90 bits per heavy atom. The standard InChI is InChI=1S/C16H21N3O2/c1-3-8-17-16(21)18-14-6-5-12-7-9-19(15(20)4-2)11-13(12)10-14/h3,5-6,10H,1,4,7-9,11H2,2H3,(H2,17,18,21). The highest BCUT2D eigenvalue weighted by molar-refractivity contribution is 5.89. The summed E-state index contributed by atoms with van der Waals surface area (Å²) in [5, 5.41) is 5.45. The Labute approximate surface area is 125 Å². The lowest BCUT2D eigenvalue weighted by Gasteiger charge is -2.29. The van der Waals surface area contributed by atoms with Crippen LogP contribution in [0.1, 0.15) is 24.5 Å². The van der Waals surface area contributed by atoms with Crippen molar-refractivity contribution in [3.63, 3.8) is 0 Å². The zero-order chi connectivity index (χ0) is 15.2. The molecule has 1 heterocycles. The first-order valence-corrected chi connectivity index (χ1v) is 7.19. The van der Waals surface area contributed by atoms with Gasteiger partial charge in [0.15, 0.2) is 0 Å². The van der Waals surface area contributed by atoms with E-state index in [9.17, 15) is 9.59 Å². The number of urea groups is 1. The van der Waals surface area contributed by atoms with Crippen molar-refractivity contribution >= 4 is 17.6 Å². The number of carbonyl (C=O) groups excluding carboxylic acids is 2. The zero-order valence-electron chi connectivity index (χ0n) is 12.3. The summed E-state index contributed by atoms with van der Waals surface area (Å²) in [6.07, 6.45) is 3.02. The van der Waals surface area contributed by atoms with Gasteiger partial charge in [-0.05, 0) is 29.7 Å². The van der Waals surface area contributed by atoms with Crippen molar-refractivity contribution in [2.75, 3.05) is 18.4 Å². The third-order valence-corrected chi connectivity index (χ3v) is 3.54. The molecule has 0 spiro atoms. The number of anilines is 1. The van der Waals surface area contributed by atoms with Crippen molar-refractivity contribution in [3.8, 4) is 0 Å². The molecule has 1 aromatic rings. The van der Waals surface area contributed by atoms with Crippen molar-refractivity contribution in [1.82, 2.24) is 10.2 Å². The highest BCUT2D eigenvalue weighted by Gasteiger charge is 2.19. The molecule has 3 amide bonds. The molecule has 0 saturated carbocycles. The molecule has 0 unspecified atom stereocenters. The Hall–Kier alpha value is -2.30. The molecule has 5 heteroatoms. The van der Waals surface area contributed by atoms with Gasteiger partial charge < -0.3 is 15.5 Å². The van der Waals surface area contributed by atoms with Gasteiger partial charge in [0.25, 0.3) is 0 Å². The van der Waals surface area contributed by atoms with Crippen LogP contribution in [0.3, 0.4) is 0 Å². The maximum absolute atomic E-state index is 11.8. The molecular formula is C16H21N3O2. The number of rotatable bonds is 4. The molecule has 0 aromatic heterocycles. The molecule has 1 aliphatic heterocycles. The fourth-order valence-corrected chi connectivity index (χ4v) is 2.41. The van der Waals surface area contributed by atoms with Crippen LogP contribution in [0.4, 0.5) is 10.5 Å². The topological polar surface area (TPSA) is 61.4 Å². The van der Waals surface area contributed by atoms with E-state index in [1.165, 1.54) is 5.56 Å². The van der Waals surface area contributed by atoms with Gasteiger partial charge in [-0.2, -0.15) is 0 Å². The molecule has 0 bridgehead atoms. The monoisotopic (exact) mass is 287 g/mol. The van der Waals surface area contributed by atoms with Crippen molar-refractivity contribution in [2.24, 2.45) is 0 Å². The van der Waals surface area contributed by atoms with E-state index in [2.05, 4.69) is 17.2 Å². The molecule has 2 rings (SSSR count).